The van der Waals surface area contributed by atoms with Gasteiger partial charge in [0.15, 0.2) is 5.89 Å². The first-order chi connectivity index (χ1) is 6.76. The van der Waals surface area contributed by atoms with E-state index in [1.54, 1.807) is 13.3 Å². The second-order valence-corrected chi connectivity index (χ2v) is 3.52. The zero-order valence-corrected chi connectivity index (χ0v) is 8.82. The molecule has 0 aromatic carbocycles. The lowest BCUT2D eigenvalue weighted by atomic mass is 10.1. The van der Waals surface area contributed by atoms with Crippen molar-refractivity contribution in [3.8, 4) is 0 Å². The minimum Gasteiger partial charge on any atom is -0.446 e. The van der Waals surface area contributed by atoms with Gasteiger partial charge in [-0.3, -0.25) is 0 Å². The fraction of sp³-hybridized carbons (Fsp3) is 0.700. The Labute approximate surface area is 84.5 Å². The highest BCUT2D eigenvalue weighted by molar-refractivity contribution is 4.95. The van der Waals surface area contributed by atoms with Crippen molar-refractivity contribution in [1.82, 2.24) is 4.98 Å². The van der Waals surface area contributed by atoms with E-state index >= 15 is 0 Å². The van der Waals surface area contributed by atoms with Gasteiger partial charge in [0.05, 0.1) is 6.20 Å². The maximum atomic E-state index is 5.49. The van der Waals surface area contributed by atoms with Crippen molar-refractivity contribution >= 4 is 0 Å². The summed E-state index contributed by atoms with van der Waals surface area (Å²) in [6, 6.07) is 0. The molecule has 1 aromatic heterocycles. The van der Waals surface area contributed by atoms with Crippen molar-refractivity contribution in [2.24, 2.45) is 11.7 Å². The molecule has 0 spiro atoms. The summed E-state index contributed by atoms with van der Waals surface area (Å²) in [4.78, 5) is 4.13. The Hall–Kier alpha value is -0.870. The maximum Gasteiger partial charge on any atom is 0.195 e. The Morgan fingerprint density at radius 1 is 1.64 bits per heavy atom. The molecule has 2 N–H and O–H groups in total. The monoisotopic (exact) mass is 198 g/mol. The number of nitrogens with two attached hydrogens (primary N) is 1. The summed E-state index contributed by atoms with van der Waals surface area (Å²) in [6.45, 7) is 3.44. The molecule has 0 bridgehead atoms. The molecule has 0 radical (unpaired) electrons. The van der Waals surface area contributed by atoms with Crippen molar-refractivity contribution < 1.29 is 9.15 Å². The van der Waals surface area contributed by atoms with Crippen LogP contribution in [0.1, 0.15) is 18.6 Å². The smallest absolute Gasteiger partial charge is 0.195 e. The summed E-state index contributed by atoms with van der Waals surface area (Å²) in [5, 5.41) is 0. The number of aromatic nitrogens is 1. The second-order valence-electron chi connectivity index (χ2n) is 3.52. The molecule has 0 saturated carbocycles. The molecule has 4 heteroatoms. The number of rotatable bonds is 6. The lowest BCUT2D eigenvalue weighted by molar-refractivity contribution is 0.156. The summed E-state index contributed by atoms with van der Waals surface area (Å²) in [7, 11) is 1.71. The molecule has 0 aliphatic rings. The minimum atomic E-state index is 0.457. The molecular weight excluding hydrogens is 180 g/mol. The van der Waals surface area contributed by atoms with Crippen molar-refractivity contribution in [2.75, 3.05) is 20.3 Å². The Balaban J connectivity index is 2.42. The highest BCUT2D eigenvalue weighted by atomic mass is 16.5. The van der Waals surface area contributed by atoms with Gasteiger partial charge in [-0.25, -0.2) is 4.98 Å². The zero-order chi connectivity index (χ0) is 10.4. The van der Waals surface area contributed by atoms with Crippen LogP contribution in [0.3, 0.4) is 0 Å². The van der Waals surface area contributed by atoms with E-state index in [2.05, 4.69) is 11.9 Å². The van der Waals surface area contributed by atoms with E-state index in [0.717, 1.165) is 24.7 Å². The molecule has 0 fully saturated rings. The van der Waals surface area contributed by atoms with E-state index < -0.39 is 0 Å². The Morgan fingerprint density at radius 2 is 2.43 bits per heavy atom. The normalized spacial score (nSPS) is 13.1. The number of hydrogen-bond donors (Lipinski definition) is 1. The van der Waals surface area contributed by atoms with Gasteiger partial charge in [-0.1, -0.05) is 6.92 Å². The fourth-order valence-electron chi connectivity index (χ4n) is 1.37. The highest BCUT2D eigenvalue weighted by Crippen LogP contribution is 2.10. The topological polar surface area (TPSA) is 61.3 Å². The average molecular weight is 198 g/mol. The lowest BCUT2D eigenvalue weighted by Gasteiger charge is -2.06. The van der Waals surface area contributed by atoms with Crippen LogP contribution >= 0.6 is 0 Å². The maximum absolute atomic E-state index is 5.49. The van der Waals surface area contributed by atoms with Crippen molar-refractivity contribution in [3.05, 3.63) is 17.8 Å². The third-order valence-corrected chi connectivity index (χ3v) is 1.96. The first kappa shape index (κ1) is 11.2. The molecule has 0 aliphatic heterocycles. The molecule has 80 valence electrons. The number of hydrogen-bond acceptors (Lipinski definition) is 4. The summed E-state index contributed by atoms with van der Waals surface area (Å²) in [5.41, 5.74) is 5.40. The van der Waals surface area contributed by atoms with Crippen LogP contribution in [0.4, 0.5) is 0 Å². The van der Waals surface area contributed by atoms with E-state index in [-0.39, 0.29) is 0 Å². The molecule has 4 nitrogen and oxygen atoms in total. The fourth-order valence-corrected chi connectivity index (χ4v) is 1.37. The molecule has 14 heavy (non-hydrogen) atoms. The van der Waals surface area contributed by atoms with E-state index in [1.165, 1.54) is 0 Å². The van der Waals surface area contributed by atoms with Gasteiger partial charge in [0.2, 0.25) is 0 Å². The zero-order valence-electron chi connectivity index (χ0n) is 8.82. The van der Waals surface area contributed by atoms with Crippen LogP contribution in [0.5, 0.6) is 0 Å². The standard InChI is InChI=1S/C10H18N2O2/c1-8(7-13-2)5-9-6-12-10(14-9)3-4-11/h6,8H,3-5,7,11H2,1-2H3. The molecule has 1 rings (SSSR count). The highest BCUT2D eigenvalue weighted by Gasteiger charge is 2.08. The number of oxazole rings is 1. The average Bonchev–Trinajstić information content (AvgIpc) is 2.53. The first-order valence-electron chi connectivity index (χ1n) is 4.88. The van der Waals surface area contributed by atoms with Gasteiger partial charge in [0.25, 0.3) is 0 Å². The SMILES string of the molecule is COCC(C)Cc1cnc(CCN)o1. The van der Waals surface area contributed by atoms with Crippen LogP contribution in [0.25, 0.3) is 0 Å². The Kier molecular flexibility index (Phi) is 4.62. The summed E-state index contributed by atoms with van der Waals surface area (Å²) in [5.74, 6) is 2.10. The van der Waals surface area contributed by atoms with Crippen LogP contribution in [-0.4, -0.2) is 25.2 Å². The summed E-state index contributed by atoms with van der Waals surface area (Å²) < 4.78 is 10.5. The Morgan fingerprint density at radius 3 is 3.07 bits per heavy atom. The summed E-state index contributed by atoms with van der Waals surface area (Å²) >= 11 is 0. The van der Waals surface area contributed by atoms with Gasteiger partial charge < -0.3 is 14.9 Å². The molecule has 1 aromatic rings. The largest absolute Gasteiger partial charge is 0.446 e. The third kappa shape index (κ3) is 3.47. The molecule has 1 atom stereocenters. The van der Waals surface area contributed by atoms with E-state index in [9.17, 15) is 0 Å². The molecule has 1 unspecified atom stereocenters. The Bertz CT molecular complexity index is 260. The van der Waals surface area contributed by atoms with Crippen molar-refractivity contribution in [2.45, 2.75) is 19.8 Å². The predicted octanol–water partition coefficient (Wildman–Crippen LogP) is 1.00. The third-order valence-electron chi connectivity index (χ3n) is 1.96. The van der Waals surface area contributed by atoms with Crippen LogP contribution in [-0.2, 0) is 17.6 Å². The quantitative estimate of drug-likeness (QED) is 0.740. The van der Waals surface area contributed by atoms with Crippen molar-refractivity contribution in [3.63, 3.8) is 0 Å². The second kappa shape index (κ2) is 5.78. The molecule has 0 saturated heterocycles. The van der Waals surface area contributed by atoms with E-state index in [0.29, 0.717) is 18.9 Å². The van der Waals surface area contributed by atoms with Gasteiger partial charge in [-0.05, 0) is 5.92 Å². The first-order valence-corrected chi connectivity index (χ1v) is 4.88. The number of nitrogens with zero attached hydrogens (tertiary/aromatic N) is 1. The van der Waals surface area contributed by atoms with Crippen LogP contribution in [0.2, 0.25) is 0 Å². The van der Waals surface area contributed by atoms with Gasteiger partial charge in [0, 0.05) is 33.1 Å². The van der Waals surface area contributed by atoms with Crippen LogP contribution < -0.4 is 5.73 Å². The van der Waals surface area contributed by atoms with Crippen LogP contribution in [0.15, 0.2) is 10.6 Å². The molecular formula is C10H18N2O2. The minimum absolute atomic E-state index is 0.457. The van der Waals surface area contributed by atoms with Crippen LogP contribution in [0, 0.1) is 5.92 Å². The molecule has 0 amide bonds. The van der Waals surface area contributed by atoms with E-state index in [4.69, 9.17) is 14.9 Å². The van der Waals surface area contributed by atoms with E-state index in [1.807, 2.05) is 0 Å². The van der Waals surface area contributed by atoms with Crippen molar-refractivity contribution in [1.29, 1.82) is 0 Å². The molecule has 0 aliphatic carbocycles. The van der Waals surface area contributed by atoms with Gasteiger partial charge in [-0.15, -0.1) is 0 Å². The van der Waals surface area contributed by atoms with Gasteiger partial charge in [-0.2, -0.15) is 0 Å². The summed E-state index contributed by atoms with van der Waals surface area (Å²) in [6.07, 6.45) is 3.35. The molecule has 1 heterocycles. The predicted molar refractivity (Wildman–Crippen MR) is 54.0 cm³/mol. The lowest BCUT2D eigenvalue weighted by Crippen LogP contribution is -2.06. The number of methoxy groups -OCH3 is 1. The van der Waals surface area contributed by atoms with Gasteiger partial charge in [0.1, 0.15) is 5.76 Å². The number of ether oxygens (including phenoxy) is 1. The van der Waals surface area contributed by atoms with Gasteiger partial charge >= 0.3 is 0 Å².